The number of furan rings is 1. The molecule has 3 rings (SSSR count). The van der Waals surface area contributed by atoms with E-state index in [1.54, 1.807) is 24.3 Å². The number of amides is 3. The fourth-order valence-electron chi connectivity index (χ4n) is 3.16. The number of nitrogens with zero attached hydrogens (tertiary/aromatic N) is 1. The normalized spacial score (nSPS) is 11.7. The van der Waals surface area contributed by atoms with E-state index in [9.17, 15) is 18.8 Å². The zero-order valence-corrected chi connectivity index (χ0v) is 18.5. The van der Waals surface area contributed by atoms with Crippen LogP contribution < -0.4 is 16.0 Å². The van der Waals surface area contributed by atoms with E-state index >= 15 is 0 Å². The van der Waals surface area contributed by atoms with Crippen molar-refractivity contribution in [1.29, 1.82) is 0 Å². The number of nitrogens with one attached hydrogen (secondary N) is 3. The number of carbonyl (C=O) groups excluding carboxylic acids is 3. The van der Waals surface area contributed by atoms with E-state index < -0.39 is 23.8 Å². The van der Waals surface area contributed by atoms with Gasteiger partial charge in [0.25, 0.3) is 11.8 Å². The van der Waals surface area contributed by atoms with Gasteiger partial charge in [0.2, 0.25) is 11.9 Å². The Hall–Kier alpha value is -4.01. The molecule has 172 valence electrons. The van der Waals surface area contributed by atoms with E-state index in [0.717, 1.165) is 5.56 Å². The maximum atomic E-state index is 13.2. The molecule has 0 bridgehead atoms. The topological polar surface area (TPSA) is 113 Å². The summed E-state index contributed by atoms with van der Waals surface area (Å²) in [4.78, 5) is 40.3. The number of hydrogen-bond acceptors (Lipinski definition) is 5. The minimum absolute atomic E-state index is 0.00991. The van der Waals surface area contributed by atoms with Gasteiger partial charge in [-0.05, 0) is 41.8 Å². The van der Waals surface area contributed by atoms with Gasteiger partial charge in [0.15, 0.2) is 5.76 Å². The molecular weight excluding hydrogens is 427 g/mol. The molecule has 0 spiro atoms. The Morgan fingerprint density at radius 3 is 2.48 bits per heavy atom. The minimum atomic E-state index is -0.725. The lowest BCUT2D eigenvalue weighted by Crippen LogP contribution is -2.48. The minimum Gasteiger partial charge on any atom is -0.451 e. The SMILES string of the molecule is CNC(=O)C(NC(=O)c1ccc(-c2cccc(CNC(=O)c3cccc(F)n3)c2)o1)C(C)C. The molecule has 3 aromatic rings. The van der Waals surface area contributed by atoms with Gasteiger partial charge < -0.3 is 20.4 Å². The number of hydrogen-bond donors (Lipinski definition) is 3. The second kappa shape index (κ2) is 10.5. The van der Waals surface area contributed by atoms with Crippen LogP contribution in [0.4, 0.5) is 4.39 Å². The molecule has 0 saturated carbocycles. The highest BCUT2D eigenvalue weighted by Gasteiger charge is 2.25. The molecule has 0 aliphatic rings. The molecule has 3 N–H and O–H groups in total. The maximum absolute atomic E-state index is 13.2. The quantitative estimate of drug-likeness (QED) is 0.455. The molecule has 1 atom stereocenters. The predicted octanol–water partition coefficient (Wildman–Crippen LogP) is 2.91. The highest BCUT2D eigenvalue weighted by atomic mass is 19.1. The predicted molar refractivity (Wildman–Crippen MR) is 120 cm³/mol. The maximum Gasteiger partial charge on any atom is 0.287 e. The van der Waals surface area contributed by atoms with E-state index in [4.69, 9.17) is 4.42 Å². The van der Waals surface area contributed by atoms with Crippen molar-refractivity contribution in [1.82, 2.24) is 20.9 Å². The Bertz CT molecular complexity index is 1160. The molecule has 9 heteroatoms. The monoisotopic (exact) mass is 452 g/mol. The Morgan fingerprint density at radius 2 is 1.79 bits per heavy atom. The van der Waals surface area contributed by atoms with E-state index in [1.165, 1.54) is 31.3 Å². The summed E-state index contributed by atoms with van der Waals surface area (Å²) in [6.45, 7) is 3.87. The van der Waals surface area contributed by atoms with Crippen LogP contribution in [-0.4, -0.2) is 35.8 Å². The lowest BCUT2D eigenvalue weighted by atomic mass is 10.0. The van der Waals surface area contributed by atoms with E-state index in [-0.39, 0.29) is 29.8 Å². The summed E-state index contributed by atoms with van der Waals surface area (Å²) >= 11 is 0. The molecule has 0 saturated heterocycles. The number of benzene rings is 1. The molecule has 0 aliphatic heterocycles. The third kappa shape index (κ3) is 6.03. The van der Waals surface area contributed by atoms with Crippen molar-refractivity contribution >= 4 is 17.7 Å². The van der Waals surface area contributed by atoms with Crippen LogP contribution in [0.15, 0.2) is 59.0 Å². The van der Waals surface area contributed by atoms with Gasteiger partial charge in [-0.25, -0.2) is 4.98 Å². The average molecular weight is 452 g/mol. The van der Waals surface area contributed by atoms with Crippen molar-refractivity contribution in [2.24, 2.45) is 5.92 Å². The fraction of sp³-hybridized carbons (Fsp3) is 0.250. The number of pyridine rings is 1. The molecule has 0 radical (unpaired) electrons. The smallest absolute Gasteiger partial charge is 0.287 e. The van der Waals surface area contributed by atoms with Crippen LogP contribution in [-0.2, 0) is 11.3 Å². The van der Waals surface area contributed by atoms with Gasteiger partial charge >= 0.3 is 0 Å². The number of carbonyl (C=O) groups is 3. The summed E-state index contributed by atoms with van der Waals surface area (Å²) in [6, 6.07) is 13.7. The van der Waals surface area contributed by atoms with E-state index in [1.807, 2.05) is 19.9 Å². The first-order valence-corrected chi connectivity index (χ1v) is 10.4. The van der Waals surface area contributed by atoms with Crippen molar-refractivity contribution in [2.75, 3.05) is 7.05 Å². The summed E-state index contributed by atoms with van der Waals surface area (Å²) in [5.74, 6) is -1.55. The first-order chi connectivity index (χ1) is 15.8. The fourth-order valence-corrected chi connectivity index (χ4v) is 3.16. The highest BCUT2D eigenvalue weighted by Crippen LogP contribution is 2.23. The van der Waals surface area contributed by atoms with Crippen molar-refractivity contribution in [3.63, 3.8) is 0 Å². The Balaban J connectivity index is 1.67. The van der Waals surface area contributed by atoms with E-state index in [0.29, 0.717) is 11.3 Å². The number of aromatic nitrogens is 1. The number of rotatable bonds is 8. The summed E-state index contributed by atoms with van der Waals surface area (Å²) in [6.07, 6.45) is 0. The first kappa shape index (κ1) is 23.6. The third-order valence-electron chi connectivity index (χ3n) is 4.92. The van der Waals surface area contributed by atoms with Crippen LogP contribution in [0, 0.1) is 11.9 Å². The number of likely N-dealkylation sites (N-methyl/N-ethyl adjacent to an activating group) is 1. The first-order valence-electron chi connectivity index (χ1n) is 10.4. The van der Waals surface area contributed by atoms with Gasteiger partial charge in [-0.2, -0.15) is 4.39 Å². The molecule has 2 heterocycles. The van der Waals surface area contributed by atoms with Gasteiger partial charge in [0, 0.05) is 19.2 Å². The van der Waals surface area contributed by atoms with Gasteiger partial charge in [-0.3, -0.25) is 14.4 Å². The standard InChI is InChI=1S/C24H25FN4O4/c1-14(2)21(24(32)26-3)29-23(31)19-11-10-18(33-19)16-7-4-6-15(12-16)13-27-22(30)17-8-5-9-20(25)28-17/h4-12,14,21H,13H2,1-3H3,(H,26,32)(H,27,30)(H,29,31). The zero-order chi connectivity index (χ0) is 24.0. The molecule has 1 unspecified atom stereocenters. The second-order valence-electron chi connectivity index (χ2n) is 7.70. The largest absolute Gasteiger partial charge is 0.451 e. The number of halogens is 1. The molecule has 3 amide bonds. The molecule has 8 nitrogen and oxygen atoms in total. The van der Waals surface area contributed by atoms with Crippen LogP contribution in [0.25, 0.3) is 11.3 Å². The second-order valence-corrected chi connectivity index (χ2v) is 7.70. The highest BCUT2D eigenvalue weighted by molar-refractivity contribution is 5.96. The molecule has 0 aliphatic carbocycles. The van der Waals surface area contributed by atoms with Crippen LogP contribution >= 0.6 is 0 Å². The van der Waals surface area contributed by atoms with Crippen LogP contribution in [0.1, 0.15) is 40.5 Å². The lowest BCUT2D eigenvalue weighted by Gasteiger charge is -2.19. The van der Waals surface area contributed by atoms with Crippen molar-refractivity contribution in [2.45, 2.75) is 26.4 Å². The molecule has 0 fully saturated rings. The Labute approximate surface area is 190 Å². The Morgan fingerprint density at radius 1 is 1.03 bits per heavy atom. The van der Waals surface area contributed by atoms with Crippen LogP contribution in [0.3, 0.4) is 0 Å². The molecular formula is C24H25FN4O4. The van der Waals surface area contributed by atoms with Crippen molar-refractivity contribution in [3.05, 3.63) is 77.6 Å². The van der Waals surface area contributed by atoms with Crippen LogP contribution in [0.5, 0.6) is 0 Å². The summed E-state index contributed by atoms with van der Waals surface area (Å²) in [7, 11) is 1.51. The molecule has 1 aromatic carbocycles. The van der Waals surface area contributed by atoms with Gasteiger partial charge in [0.05, 0.1) is 0 Å². The average Bonchev–Trinajstić information content (AvgIpc) is 3.31. The van der Waals surface area contributed by atoms with Crippen LogP contribution in [0.2, 0.25) is 0 Å². The van der Waals surface area contributed by atoms with Gasteiger partial charge in [-0.1, -0.05) is 38.1 Å². The summed E-state index contributed by atoms with van der Waals surface area (Å²) < 4.78 is 18.9. The zero-order valence-electron chi connectivity index (χ0n) is 18.5. The third-order valence-corrected chi connectivity index (χ3v) is 4.92. The summed E-state index contributed by atoms with van der Waals surface area (Å²) in [5.41, 5.74) is 1.47. The van der Waals surface area contributed by atoms with Crippen molar-refractivity contribution < 1.29 is 23.2 Å². The van der Waals surface area contributed by atoms with Crippen molar-refractivity contribution in [3.8, 4) is 11.3 Å². The Kier molecular flexibility index (Phi) is 7.55. The van der Waals surface area contributed by atoms with E-state index in [2.05, 4.69) is 20.9 Å². The van der Waals surface area contributed by atoms with Gasteiger partial charge in [0.1, 0.15) is 17.5 Å². The summed E-state index contributed by atoms with van der Waals surface area (Å²) in [5, 5.41) is 7.92. The molecule has 33 heavy (non-hydrogen) atoms. The molecule has 2 aromatic heterocycles. The lowest BCUT2D eigenvalue weighted by molar-refractivity contribution is -0.123. The van der Waals surface area contributed by atoms with Gasteiger partial charge in [-0.15, -0.1) is 0 Å².